The fourth-order valence-electron chi connectivity index (χ4n) is 2.14. The smallest absolute Gasteiger partial charge is 0.422 e. The molecule has 1 aromatic heterocycles. The van der Waals surface area contributed by atoms with Gasteiger partial charge in [0.25, 0.3) is 0 Å². The Labute approximate surface area is 149 Å². The summed E-state index contributed by atoms with van der Waals surface area (Å²) in [5, 5.41) is 6.39. The number of thiazole rings is 1. The number of nitrogens with one attached hydrogen (secondary N) is 1. The van der Waals surface area contributed by atoms with Crippen LogP contribution in [0.3, 0.4) is 0 Å². The standard InChI is InChI=1S/C17H21F3N2O2S/c1-3-16-22-13(10-25-16)9-21-8-12-5-6-14(15(7-12)23-4-2)24-11-17(18,19)20/h5-7,10,21H,3-4,8-9,11H2,1-2H3. The SMILES string of the molecule is CCOc1cc(CNCc2csc(CC)n2)ccc1OCC(F)(F)F. The molecule has 0 fully saturated rings. The first-order chi connectivity index (χ1) is 11.9. The maximum absolute atomic E-state index is 12.3. The minimum absolute atomic E-state index is 0.0926. The molecule has 1 N–H and O–H groups in total. The molecule has 2 rings (SSSR count). The first-order valence-corrected chi connectivity index (χ1v) is 8.88. The van der Waals surface area contributed by atoms with Crippen LogP contribution in [0.1, 0.15) is 30.1 Å². The monoisotopic (exact) mass is 374 g/mol. The van der Waals surface area contributed by atoms with Gasteiger partial charge in [-0.2, -0.15) is 13.2 Å². The molecular weight excluding hydrogens is 353 g/mol. The fraction of sp³-hybridized carbons (Fsp3) is 0.471. The summed E-state index contributed by atoms with van der Waals surface area (Å²) in [5.41, 5.74) is 1.88. The zero-order valence-corrected chi connectivity index (χ0v) is 15.0. The summed E-state index contributed by atoms with van der Waals surface area (Å²) in [6.45, 7) is 4.03. The molecule has 0 radical (unpaired) electrons. The van der Waals surface area contributed by atoms with Gasteiger partial charge in [-0.1, -0.05) is 13.0 Å². The summed E-state index contributed by atoms with van der Waals surface area (Å²) in [7, 11) is 0. The minimum atomic E-state index is -4.38. The number of hydrogen-bond donors (Lipinski definition) is 1. The maximum atomic E-state index is 12.3. The van der Waals surface area contributed by atoms with E-state index in [2.05, 4.69) is 17.2 Å². The normalized spacial score (nSPS) is 11.6. The first-order valence-electron chi connectivity index (χ1n) is 8.00. The van der Waals surface area contributed by atoms with E-state index in [9.17, 15) is 13.2 Å². The lowest BCUT2D eigenvalue weighted by Gasteiger charge is -2.14. The Hall–Kier alpha value is -1.80. The van der Waals surface area contributed by atoms with Crippen molar-refractivity contribution in [2.24, 2.45) is 0 Å². The van der Waals surface area contributed by atoms with Crippen LogP contribution in [0.5, 0.6) is 11.5 Å². The molecule has 0 saturated carbocycles. The number of halogens is 3. The van der Waals surface area contributed by atoms with Crippen molar-refractivity contribution < 1.29 is 22.6 Å². The second-order valence-corrected chi connectivity index (χ2v) is 6.25. The number of ether oxygens (including phenoxy) is 2. The number of rotatable bonds is 9. The molecule has 0 aliphatic carbocycles. The van der Waals surface area contributed by atoms with Gasteiger partial charge in [-0.3, -0.25) is 0 Å². The molecule has 2 aromatic rings. The average Bonchev–Trinajstić information content (AvgIpc) is 3.01. The van der Waals surface area contributed by atoms with Crippen LogP contribution in [0.15, 0.2) is 23.6 Å². The summed E-state index contributed by atoms with van der Waals surface area (Å²) in [6.07, 6.45) is -3.46. The molecule has 0 amide bonds. The van der Waals surface area contributed by atoms with Crippen LogP contribution in [0.2, 0.25) is 0 Å². The van der Waals surface area contributed by atoms with E-state index in [4.69, 9.17) is 9.47 Å². The van der Waals surface area contributed by atoms with E-state index in [0.717, 1.165) is 22.7 Å². The topological polar surface area (TPSA) is 43.4 Å². The maximum Gasteiger partial charge on any atom is 0.422 e. The van der Waals surface area contributed by atoms with Gasteiger partial charge in [-0.15, -0.1) is 11.3 Å². The molecule has 0 bridgehead atoms. The second-order valence-electron chi connectivity index (χ2n) is 5.31. The Bertz CT molecular complexity index is 674. The van der Waals surface area contributed by atoms with E-state index >= 15 is 0 Å². The van der Waals surface area contributed by atoms with Gasteiger partial charge < -0.3 is 14.8 Å². The predicted molar refractivity (Wildman–Crippen MR) is 91.2 cm³/mol. The summed E-state index contributed by atoms with van der Waals surface area (Å²) >= 11 is 1.63. The molecular formula is C17H21F3N2O2S. The number of alkyl halides is 3. The van der Waals surface area contributed by atoms with Gasteiger partial charge in [0.2, 0.25) is 0 Å². The number of hydrogen-bond acceptors (Lipinski definition) is 5. The third kappa shape index (κ3) is 6.55. The Kier molecular flexibility index (Phi) is 7.07. The lowest BCUT2D eigenvalue weighted by molar-refractivity contribution is -0.153. The van der Waals surface area contributed by atoms with Crippen LogP contribution in [0.25, 0.3) is 0 Å². The summed E-state index contributed by atoms with van der Waals surface area (Å²) in [5.74, 6) is 0.406. The average molecular weight is 374 g/mol. The van der Waals surface area contributed by atoms with Gasteiger partial charge in [0, 0.05) is 18.5 Å². The van der Waals surface area contributed by atoms with Crippen molar-refractivity contribution in [1.82, 2.24) is 10.3 Å². The van der Waals surface area contributed by atoms with E-state index in [1.807, 2.05) is 5.38 Å². The zero-order valence-electron chi connectivity index (χ0n) is 14.2. The van der Waals surface area contributed by atoms with E-state index in [1.54, 1.807) is 30.4 Å². The van der Waals surface area contributed by atoms with Gasteiger partial charge in [0.05, 0.1) is 17.3 Å². The van der Waals surface area contributed by atoms with Crippen LogP contribution < -0.4 is 14.8 Å². The van der Waals surface area contributed by atoms with Crippen LogP contribution in [0, 0.1) is 0 Å². The first kappa shape index (κ1) is 19.5. The molecule has 0 spiro atoms. The number of nitrogens with zero attached hydrogens (tertiary/aromatic N) is 1. The van der Waals surface area contributed by atoms with E-state index in [0.29, 0.717) is 25.4 Å². The van der Waals surface area contributed by atoms with Crippen LogP contribution in [0.4, 0.5) is 13.2 Å². The molecule has 4 nitrogen and oxygen atoms in total. The van der Waals surface area contributed by atoms with Crippen molar-refractivity contribution in [2.45, 2.75) is 39.5 Å². The largest absolute Gasteiger partial charge is 0.490 e. The minimum Gasteiger partial charge on any atom is -0.490 e. The van der Waals surface area contributed by atoms with Crippen molar-refractivity contribution in [2.75, 3.05) is 13.2 Å². The Morgan fingerprint density at radius 3 is 2.56 bits per heavy atom. The third-order valence-corrected chi connectivity index (χ3v) is 4.28. The highest BCUT2D eigenvalue weighted by atomic mass is 32.1. The summed E-state index contributed by atoms with van der Waals surface area (Å²) in [6, 6.07) is 4.92. The summed E-state index contributed by atoms with van der Waals surface area (Å²) in [4.78, 5) is 4.47. The highest BCUT2D eigenvalue weighted by molar-refractivity contribution is 7.09. The molecule has 0 aliphatic rings. The second kappa shape index (κ2) is 9.05. The Morgan fingerprint density at radius 2 is 1.92 bits per heavy atom. The number of aromatic nitrogens is 1. The van der Waals surface area contributed by atoms with Gasteiger partial charge >= 0.3 is 6.18 Å². The molecule has 1 heterocycles. The number of aryl methyl sites for hydroxylation is 1. The molecule has 0 atom stereocenters. The van der Waals surface area contributed by atoms with Crippen LogP contribution in [-0.4, -0.2) is 24.4 Å². The summed E-state index contributed by atoms with van der Waals surface area (Å²) < 4.78 is 47.2. The fourth-order valence-corrected chi connectivity index (χ4v) is 2.88. The Balaban J connectivity index is 1.95. The number of benzene rings is 1. The molecule has 0 unspecified atom stereocenters. The molecule has 8 heteroatoms. The van der Waals surface area contributed by atoms with Gasteiger partial charge in [-0.05, 0) is 31.0 Å². The van der Waals surface area contributed by atoms with Gasteiger partial charge in [0.15, 0.2) is 18.1 Å². The molecule has 1 aromatic carbocycles. The van der Waals surface area contributed by atoms with Crippen molar-refractivity contribution in [1.29, 1.82) is 0 Å². The highest BCUT2D eigenvalue weighted by Gasteiger charge is 2.29. The van der Waals surface area contributed by atoms with Crippen molar-refractivity contribution in [3.8, 4) is 11.5 Å². The van der Waals surface area contributed by atoms with Gasteiger partial charge in [-0.25, -0.2) is 4.98 Å². The van der Waals surface area contributed by atoms with E-state index < -0.39 is 12.8 Å². The molecule has 0 aliphatic heterocycles. The Morgan fingerprint density at radius 1 is 1.12 bits per heavy atom. The van der Waals surface area contributed by atoms with E-state index in [1.165, 1.54) is 6.07 Å². The predicted octanol–water partition coefficient (Wildman–Crippen LogP) is 4.34. The quantitative estimate of drug-likeness (QED) is 0.709. The van der Waals surface area contributed by atoms with Crippen LogP contribution >= 0.6 is 11.3 Å². The molecule has 25 heavy (non-hydrogen) atoms. The zero-order chi connectivity index (χ0) is 18.3. The lowest BCUT2D eigenvalue weighted by atomic mass is 10.2. The van der Waals surface area contributed by atoms with Crippen molar-refractivity contribution in [3.05, 3.63) is 39.8 Å². The van der Waals surface area contributed by atoms with Crippen molar-refractivity contribution >= 4 is 11.3 Å². The van der Waals surface area contributed by atoms with E-state index in [-0.39, 0.29) is 5.75 Å². The highest BCUT2D eigenvalue weighted by Crippen LogP contribution is 2.30. The third-order valence-electron chi connectivity index (χ3n) is 3.24. The lowest BCUT2D eigenvalue weighted by Crippen LogP contribution is -2.19. The molecule has 0 saturated heterocycles. The van der Waals surface area contributed by atoms with Crippen LogP contribution in [-0.2, 0) is 19.5 Å². The van der Waals surface area contributed by atoms with Gasteiger partial charge in [0.1, 0.15) is 0 Å². The molecule has 138 valence electrons. The van der Waals surface area contributed by atoms with Crippen molar-refractivity contribution in [3.63, 3.8) is 0 Å².